The lowest BCUT2D eigenvalue weighted by molar-refractivity contribution is -0.139. The monoisotopic (exact) mass is 355 g/mol. The third-order valence-corrected chi connectivity index (χ3v) is 9.61. The summed E-state index contributed by atoms with van der Waals surface area (Å²) in [6.07, 6.45) is 11.4. The van der Waals surface area contributed by atoms with E-state index in [1.165, 1.54) is 43.4 Å². The van der Waals surface area contributed by atoms with Crippen molar-refractivity contribution in [1.29, 1.82) is 0 Å². The zero-order valence-corrected chi connectivity index (χ0v) is 16.5. The Balaban J connectivity index is 1.50. The number of aliphatic hydroxyl groups is 1. The SMILES string of the molecule is C[C@]12Cc3cnc(N)nc3C[C@@H]1CC[C@H]1[C@@H]2CC[C@]2(C)[C@H]1CC[C@@]2(C)O. The third kappa shape index (κ3) is 2.05. The molecule has 26 heavy (non-hydrogen) atoms. The summed E-state index contributed by atoms with van der Waals surface area (Å²) < 4.78 is 0. The van der Waals surface area contributed by atoms with Crippen molar-refractivity contribution >= 4 is 5.95 Å². The smallest absolute Gasteiger partial charge is 0.220 e. The van der Waals surface area contributed by atoms with Crippen LogP contribution in [0.2, 0.25) is 0 Å². The van der Waals surface area contributed by atoms with Gasteiger partial charge in [-0.2, -0.15) is 0 Å². The van der Waals surface area contributed by atoms with Crippen LogP contribution in [0.15, 0.2) is 6.20 Å². The van der Waals surface area contributed by atoms with Crippen LogP contribution in [0.3, 0.4) is 0 Å². The molecule has 0 aromatic carbocycles. The van der Waals surface area contributed by atoms with Crippen LogP contribution in [-0.2, 0) is 12.8 Å². The van der Waals surface area contributed by atoms with Gasteiger partial charge in [-0.3, -0.25) is 0 Å². The van der Waals surface area contributed by atoms with Gasteiger partial charge in [-0.15, -0.1) is 0 Å². The second-order valence-electron chi connectivity index (χ2n) is 10.5. The Bertz CT molecular complexity index is 747. The Morgan fingerprint density at radius 3 is 2.65 bits per heavy atom. The lowest BCUT2D eigenvalue weighted by atomic mass is 9.44. The van der Waals surface area contributed by atoms with Crippen LogP contribution >= 0.6 is 0 Å². The summed E-state index contributed by atoms with van der Waals surface area (Å²) in [6, 6.07) is 0. The quantitative estimate of drug-likeness (QED) is 0.743. The topological polar surface area (TPSA) is 72.0 Å². The number of fused-ring (bicyclic) bond motifs is 6. The molecule has 4 heteroatoms. The first kappa shape index (κ1) is 17.0. The van der Waals surface area contributed by atoms with Crippen molar-refractivity contribution in [1.82, 2.24) is 9.97 Å². The number of nitrogens with zero attached hydrogens (tertiary/aromatic N) is 2. The van der Waals surface area contributed by atoms with Gasteiger partial charge in [-0.1, -0.05) is 13.8 Å². The van der Waals surface area contributed by atoms with Crippen LogP contribution in [0, 0.1) is 34.5 Å². The molecule has 4 aliphatic rings. The molecule has 3 N–H and O–H groups in total. The number of rotatable bonds is 0. The second kappa shape index (κ2) is 5.21. The molecule has 3 saturated carbocycles. The highest BCUT2D eigenvalue weighted by molar-refractivity contribution is 5.30. The van der Waals surface area contributed by atoms with Crippen LogP contribution in [0.5, 0.6) is 0 Å². The number of anilines is 1. The summed E-state index contributed by atoms with van der Waals surface area (Å²) in [7, 11) is 0. The minimum Gasteiger partial charge on any atom is -0.390 e. The molecule has 1 heterocycles. The minimum absolute atomic E-state index is 0.113. The molecule has 0 bridgehead atoms. The summed E-state index contributed by atoms with van der Waals surface area (Å²) in [5.74, 6) is 3.39. The van der Waals surface area contributed by atoms with Crippen molar-refractivity contribution in [2.75, 3.05) is 5.73 Å². The summed E-state index contributed by atoms with van der Waals surface area (Å²) in [4.78, 5) is 8.84. The summed E-state index contributed by atoms with van der Waals surface area (Å²) in [5, 5.41) is 11.1. The Morgan fingerprint density at radius 1 is 1.08 bits per heavy atom. The van der Waals surface area contributed by atoms with Crippen molar-refractivity contribution in [3.05, 3.63) is 17.5 Å². The maximum Gasteiger partial charge on any atom is 0.220 e. The number of aromatic nitrogens is 2. The van der Waals surface area contributed by atoms with Gasteiger partial charge in [0, 0.05) is 11.9 Å². The van der Waals surface area contributed by atoms with E-state index < -0.39 is 5.60 Å². The maximum atomic E-state index is 11.1. The summed E-state index contributed by atoms with van der Waals surface area (Å²) >= 11 is 0. The number of hydrogen-bond acceptors (Lipinski definition) is 4. The van der Waals surface area contributed by atoms with E-state index in [9.17, 15) is 5.11 Å². The second-order valence-corrected chi connectivity index (χ2v) is 10.5. The Labute approximate surface area is 157 Å². The molecule has 7 atom stereocenters. The standard InChI is InChI=1S/C22H33N3O/c1-20-11-13-12-24-19(23)25-18(13)10-14(20)4-5-15-16(20)6-8-21(2)17(15)7-9-22(21,3)26/h12,14-17,26H,4-11H2,1-3H3,(H2,23,24,25)/t14-,15-,16-,17-,20-,21+,22+/m0/s1. The van der Waals surface area contributed by atoms with Crippen LogP contribution in [-0.4, -0.2) is 20.7 Å². The van der Waals surface area contributed by atoms with E-state index in [1.54, 1.807) is 0 Å². The highest BCUT2D eigenvalue weighted by Crippen LogP contribution is 2.67. The van der Waals surface area contributed by atoms with Crippen LogP contribution in [0.1, 0.15) is 70.6 Å². The zero-order chi connectivity index (χ0) is 18.3. The lowest BCUT2D eigenvalue weighted by Gasteiger charge is -2.61. The van der Waals surface area contributed by atoms with Crippen molar-refractivity contribution in [2.24, 2.45) is 34.5 Å². The highest BCUT2D eigenvalue weighted by Gasteiger charge is 2.63. The molecule has 142 valence electrons. The van der Waals surface area contributed by atoms with Gasteiger partial charge in [0.15, 0.2) is 0 Å². The fourth-order valence-electron chi connectivity index (χ4n) is 7.81. The molecule has 0 amide bonds. The lowest BCUT2D eigenvalue weighted by Crippen LogP contribution is -2.56. The molecule has 3 fully saturated rings. The molecule has 0 saturated heterocycles. The van der Waals surface area contributed by atoms with E-state index >= 15 is 0 Å². The summed E-state index contributed by atoms with van der Waals surface area (Å²) in [6.45, 7) is 7.02. The van der Waals surface area contributed by atoms with E-state index in [0.29, 0.717) is 17.3 Å². The fraction of sp³-hybridized carbons (Fsp3) is 0.818. The Morgan fingerprint density at radius 2 is 1.85 bits per heavy atom. The van der Waals surface area contributed by atoms with Gasteiger partial charge in [-0.05, 0) is 98.4 Å². The molecule has 0 unspecified atom stereocenters. The molecular formula is C22H33N3O. The van der Waals surface area contributed by atoms with Crippen LogP contribution < -0.4 is 5.73 Å². The summed E-state index contributed by atoms with van der Waals surface area (Å²) in [5.41, 5.74) is 8.35. The molecule has 5 rings (SSSR count). The van der Waals surface area contributed by atoms with Crippen molar-refractivity contribution in [2.45, 2.75) is 77.7 Å². The molecule has 1 aromatic heterocycles. The predicted octanol–water partition coefficient (Wildman–Crippen LogP) is 3.77. The van der Waals surface area contributed by atoms with E-state index in [-0.39, 0.29) is 5.41 Å². The minimum atomic E-state index is -0.481. The Kier molecular flexibility index (Phi) is 3.40. The molecule has 0 aliphatic heterocycles. The maximum absolute atomic E-state index is 11.1. The van der Waals surface area contributed by atoms with Crippen molar-refractivity contribution < 1.29 is 5.11 Å². The van der Waals surface area contributed by atoms with Gasteiger partial charge in [0.05, 0.1) is 5.60 Å². The van der Waals surface area contributed by atoms with Gasteiger partial charge in [0.1, 0.15) is 0 Å². The van der Waals surface area contributed by atoms with Crippen molar-refractivity contribution in [3.8, 4) is 0 Å². The first-order chi connectivity index (χ1) is 12.2. The normalized spacial score (nSPS) is 49.7. The predicted molar refractivity (Wildman–Crippen MR) is 102 cm³/mol. The number of nitrogen functional groups attached to an aromatic ring is 1. The molecule has 0 radical (unpaired) electrons. The average molecular weight is 356 g/mol. The number of nitrogens with two attached hydrogens (primary N) is 1. The van der Waals surface area contributed by atoms with E-state index in [2.05, 4.69) is 30.7 Å². The molecule has 4 aliphatic carbocycles. The fourth-order valence-corrected chi connectivity index (χ4v) is 7.81. The van der Waals surface area contributed by atoms with E-state index in [1.807, 2.05) is 6.20 Å². The molecular weight excluding hydrogens is 322 g/mol. The van der Waals surface area contributed by atoms with E-state index in [4.69, 9.17) is 5.73 Å². The Hall–Kier alpha value is -1.16. The van der Waals surface area contributed by atoms with Crippen molar-refractivity contribution in [3.63, 3.8) is 0 Å². The van der Waals surface area contributed by atoms with Gasteiger partial charge >= 0.3 is 0 Å². The van der Waals surface area contributed by atoms with Gasteiger partial charge < -0.3 is 10.8 Å². The highest BCUT2D eigenvalue weighted by atomic mass is 16.3. The largest absolute Gasteiger partial charge is 0.390 e. The molecule has 0 spiro atoms. The molecule has 4 nitrogen and oxygen atoms in total. The molecule has 1 aromatic rings. The van der Waals surface area contributed by atoms with Gasteiger partial charge in [0.2, 0.25) is 5.95 Å². The first-order valence-corrected chi connectivity index (χ1v) is 10.6. The first-order valence-electron chi connectivity index (χ1n) is 10.6. The van der Waals surface area contributed by atoms with Gasteiger partial charge in [0.25, 0.3) is 0 Å². The zero-order valence-electron chi connectivity index (χ0n) is 16.5. The third-order valence-electron chi connectivity index (χ3n) is 9.61. The average Bonchev–Trinajstić information content (AvgIpc) is 2.83. The number of hydrogen-bond donors (Lipinski definition) is 2. The van der Waals surface area contributed by atoms with Gasteiger partial charge in [-0.25, -0.2) is 9.97 Å². The van der Waals surface area contributed by atoms with E-state index in [0.717, 1.165) is 37.0 Å². The van der Waals surface area contributed by atoms with Crippen LogP contribution in [0.25, 0.3) is 0 Å². The van der Waals surface area contributed by atoms with Crippen LogP contribution in [0.4, 0.5) is 5.95 Å².